The molecule has 4 nitrogen and oxygen atoms in total. The third-order valence-electron chi connectivity index (χ3n) is 6.02. The van der Waals surface area contributed by atoms with Crippen LogP contribution in [0.15, 0.2) is 0 Å². The lowest BCUT2D eigenvalue weighted by atomic mass is 9.60. The topological polar surface area (TPSA) is 80.4 Å². The van der Waals surface area contributed by atoms with Gasteiger partial charge in [0.15, 0.2) is 9.84 Å². The Hall–Kier alpha value is -0.130. The van der Waals surface area contributed by atoms with Gasteiger partial charge < -0.3 is 10.8 Å². The molecule has 2 unspecified atom stereocenters. The Bertz CT molecular complexity index is 440. The molecule has 2 fully saturated rings. The first-order chi connectivity index (χ1) is 9.29. The highest BCUT2D eigenvalue weighted by Crippen LogP contribution is 2.54. The van der Waals surface area contributed by atoms with Crippen LogP contribution < -0.4 is 5.73 Å². The van der Waals surface area contributed by atoms with Crippen LogP contribution in [0.5, 0.6) is 0 Å². The summed E-state index contributed by atoms with van der Waals surface area (Å²) in [4.78, 5) is 0. The SMILES string of the molecule is CCC1CCC(CN)(C2(O)CCCC2S(C)(=O)=O)CC1. The Balaban J connectivity index is 2.30. The molecule has 2 atom stereocenters. The van der Waals surface area contributed by atoms with E-state index in [1.54, 1.807) is 0 Å². The summed E-state index contributed by atoms with van der Waals surface area (Å²) >= 11 is 0. The fraction of sp³-hybridized carbons (Fsp3) is 1.00. The summed E-state index contributed by atoms with van der Waals surface area (Å²) in [7, 11) is -3.23. The van der Waals surface area contributed by atoms with Gasteiger partial charge >= 0.3 is 0 Å². The third-order valence-corrected chi connectivity index (χ3v) is 7.68. The average molecular weight is 303 g/mol. The fourth-order valence-electron chi connectivity index (χ4n) is 4.58. The molecule has 0 spiro atoms. The van der Waals surface area contributed by atoms with Crippen molar-refractivity contribution in [2.45, 2.75) is 69.1 Å². The zero-order valence-corrected chi connectivity index (χ0v) is 13.6. The van der Waals surface area contributed by atoms with Gasteiger partial charge in [-0.3, -0.25) is 0 Å². The molecule has 2 saturated carbocycles. The van der Waals surface area contributed by atoms with Crippen molar-refractivity contribution in [2.75, 3.05) is 12.8 Å². The molecule has 0 aliphatic heterocycles. The number of hydrogen-bond acceptors (Lipinski definition) is 4. The van der Waals surface area contributed by atoms with Crippen LogP contribution in [-0.4, -0.2) is 37.2 Å². The lowest BCUT2D eigenvalue weighted by Gasteiger charge is -2.51. The van der Waals surface area contributed by atoms with Crippen LogP contribution in [0, 0.1) is 11.3 Å². The van der Waals surface area contributed by atoms with Gasteiger partial charge in [-0.05, 0) is 50.9 Å². The third kappa shape index (κ3) is 2.53. The first-order valence-electron chi connectivity index (χ1n) is 7.90. The van der Waals surface area contributed by atoms with Crippen molar-refractivity contribution < 1.29 is 13.5 Å². The molecular weight excluding hydrogens is 274 g/mol. The summed E-state index contributed by atoms with van der Waals surface area (Å²) in [6.07, 6.45) is 8.22. The minimum absolute atomic E-state index is 0.395. The van der Waals surface area contributed by atoms with Crippen molar-refractivity contribution in [3.05, 3.63) is 0 Å². The Labute approximate surface area is 123 Å². The molecule has 0 aromatic carbocycles. The summed E-state index contributed by atoms with van der Waals surface area (Å²) in [5, 5.41) is 10.6. The van der Waals surface area contributed by atoms with E-state index in [0.29, 0.717) is 25.3 Å². The van der Waals surface area contributed by atoms with Crippen LogP contribution in [0.25, 0.3) is 0 Å². The van der Waals surface area contributed by atoms with Crippen molar-refractivity contribution >= 4 is 9.84 Å². The van der Waals surface area contributed by atoms with Crippen LogP contribution in [0.1, 0.15) is 58.3 Å². The fourth-order valence-corrected chi connectivity index (χ4v) is 6.25. The summed E-state index contributed by atoms with van der Waals surface area (Å²) in [6.45, 7) is 2.59. The monoisotopic (exact) mass is 303 g/mol. The molecule has 20 heavy (non-hydrogen) atoms. The summed E-state index contributed by atoms with van der Waals surface area (Å²) in [6, 6.07) is 0. The molecule has 2 aliphatic rings. The quantitative estimate of drug-likeness (QED) is 0.830. The molecule has 0 bridgehead atoms. The molecular formula is C15H29NO3S. The molecule has 0 heterocycles. The summed E-state index contributed by atoms with van der Waals surface area (Å²) < 4.78 is 24.1. The molecule has 0 amide bonds. The summed E-state index contributed by atoms with van der Waals surface area (Å²) in [5.74, 6) is 0.705. The average Bonchev–Trinajstić information content (AvgIpc) is 2.82. The highest BCUT2D eigenvalue weighted by molar-refractivity contribution is 7.91. The molecule has 118 valence electrons. The predicted octanol–water partition coefficient (Wildman–Crippen LogP) is 1.86. The lowest BCUT2D eigenvalue weighted by Crippen LogP contribution is -2.59. The van der Waals surface area contributed by atoms with Gasteiger partial charge in [-0.25, -0.2) is 8.42 Å². The van der Waals surface area contributed by atoms with Crippen LogP contribution in [0.3, 0.4) is 0 Å². The highest BCUT2D eigenvalue weighted by atomic mass is 32.2. The first-order valence-corrected chi connectivity index (χ1v) is 9.86. The first kappa shape index (κ1) is 16.2. The van der Waals surface area contributed by atoms with Crippen molar-refractivity contribution in [2.24, 2.45) is 17.1 Å². The van der Waals surface area contributed by atoms with E-state index in [1.807, 2.05) is 0 Å². The number of aliphatic hydroxyl groups is 1. The van der Waals surface area contributed by atoms with E-state index in [-0.39, 0.29) is 0 Å². The van der Waals surface area contributed by atoms with Gasteiger partial charge in [0.25, 0.3) is 0 Å². The maximum atomic E-state index is 12.1. The molecule has 2 rings (SSSR count). The Morgan fingerprint density at radius 2 is 1.80 bits per heavy atom. The zero-order chi connectivity index (χ0) is 15.0. The number of hydrogen-bond donors (Lipinski definition) is 2. The summed E-state index contributed by atoms with van der Waals surface area (Å²) in [5.41, 5.74) is 4.52. The van der Waals surface area contributed by atoms with E-state index in [4.69, 9.17) is 5.73 Å². The molecule has 0 aromatic rings. The largest absolute Gasteiger partial charge is 0.388 e. The Morgan fingerprint density at radius 3 is 2.25 bits per heavy atom. The van der Waals surface area contributed by atoms with Gasteiger partial charge in [-0.2, -0.15) is 0 Å². The number of nitrogens with two attached hydrogens (primary N) is 1. The minimum Gasteiger partial charge on any atom is -0.388 e. The van der Waals surface area contributed by atoms with Gasteiger partial charge in [0, 0.05) is 18.2 Å². The van der Waals surface area contributed by atoms with E-state index < -0.39 is 26.1 Å². The van der Waals surface area contributed by atoms with E-state index >= 15 is 0 Å². The Kier molecular flexibility index (Phi) is 4.53. The van der Waals surface area contributed by atoms with Crippen molar-refractivity contribution in [1.82, 2.24) is 0 Å². The van der Waals surface area contributed by atoms with Gasteiger partial charge in [-0.1, -0.05) is 13.3 Å². The van der Waals surface area contributed by atoms with Gasteiger partial charge in [-0.15, -0.1) is 0 Å². The maximum absolute atomic E-state index is 12.1. The lowest BCUT2D eigenvalue weighted by molar-refractivity contribution is -0.0973. The molecule has 0 saturated heterocycles. The molecule has 3 N–H and O–H groups in total. The molecule has 5 heteroatoms. The van der Waals surface area contributed by atoms with Gasteiger partial charge in [0.1, 0.15) is 0 Å². The van der Waals surface area contributed by atoms with E-state index in [9.17, 15) is 13.5 Å². The standard InChI is InChI=1S/C15H29NO3S/c1-3-12-6-9-14(11-16,10-7-12)15(17)8-4-5-13(15)20(2,18)19/h12-13,17H,3-11,16H2,1-2H3. The van der Waals surface area contributed by atoms with E-state index in [2.05, 4.69) is 6.92 Å². The van der Waals surface area contributed by atoms with Gasteiger partial charge in [0.05, 0.1) is 10.9 Å². The van der Waals surface area contributed by atoms with Crippen LogP contribution >= 0.6 is 0 Å². The second-order valence-corrected chi connectivity index (χ2v) is 9.20. The van der Waals surface area contributed by atoms with E-state index in [0.717, 1.165) is 38.5 Å². The predicted molar refractivity (Wildman–Crippen MR) is 81.2 cm³/mol. The maximum Gasteiger partial charge on any atom is 0.153 e. The number of sulfone groups is 1. The number of rotatable bonds is 4. The van der Waals surface area contributed by atoms with E-state index in [1.165, 1.54) is 6.26 Å². The zero-order valence-electron chi connectivity index (χ0n) is 12.8. The molecule has 0 aromatic heterocycles. The van der Waals surface area contributed by atoms with Crippen molar-refractivity contribution in [3.63, 3.8) is 0 Å². The van der Waals surface area contributed by atoms with Crippen LogP contribution in [-0.2, 0) is 9.84 Å². The molecule has 2 aliphatic carbocycles. The molecule has 0 radical (unpaired) electrons. The second kappa shape index (κ2) is 5.58. The smallest absolute Gasteiger partial charge is 0.153 e. The Morgan fingerprint density at radius 1 is 1.20 bits per heavy atom. The van der Waals surface area contributed by atoms with Crippen LogP contribution in [0.2, 0.25) is 0 Å². The second-order valence-electron chi connectivity index (χ2n) is 6.97. The van der Waals surface area contributed by atoms with Crippen LogP contribution in [0.4, 0.5) is 0 Å². The van der Waals surface area contributed by atoms with Gasteiger partial charge in [0.2, 0.25) is 0 Å². The van der Waals surface area contributed by atoms with Crippen molar-refractivity contribution in [1.29, 1.82) is 0 Å². The normalized spacial score (nSPS) is 42.8. The highest BCUT2D eigenvalue weighted by Gasteiger charge is 2.59. The minimum atomic E-state index is -3.23. The van der Waals surface area contributed by atoms with Crippen molar-refractivity contribution in [3.8, 4) is 0 Å².